The lowest BCUT2D eigenvalue weighted by Crippen LogP contribution is -2.22. The number of pyridine rings is 1. The van der Waals surface area contributed by atoms with Gasteiger partial charge in [-0.1, -0.05) is 6.07 Å². The first-order valence-corrected chi connectivity index (χ1v) is 5.01. The van der Waals surface area contributed by atoms with Crippen molar-refractivity contribution in [2.45, 2.75) is 13.0 Å². The van der Waals surface area contributed by atoms with E-state index in [0.29, 0.717) is 6.54 Å². The summed E-state index contributed by atoms with van der Waals surface area (Å²) in [7, 11) is 0. The number of fused-ring (bicyclic) bond motifs is 1. The molecular weight excluding hydrogens is 188 g/mol. The molecule has 0 aliphatic rings. The molecule has 0 radical (unpaired) electrons. The highest BCUT2D eigenvalue weighted by Crippen LogP contribution is 2.19. The number of ether oxygens (including phenoxy) is 1. The lowest BCUT2D eigenvalue weighted by molar-refractivity contribution is 0.230. The fraction of sp³-hybridized carbons (Fsp3) is 0.250. The molecule has 2 rings (SSSR count). The van der Waals surface area contributed by atoms with Crippen LogP contribution in [0.25, 0.3) is 10.9 Å². The van der Waals surface area contributed by atoms with Crippen LogP contribution >= 0.6 is 0 Å². The van der Waals surface area contributed by atoms with Gasteiger partial charge in [0.1, 0.15) is 11.9 Å². The van der Waals surface area contributed by atoms with Gasteiger partial charge in [-0.25, -0.2) is 0 Å². The quantitative estimate of drug-likeness (QED) is 0.827. The van der Waals surface area contributed by atoms with Gasteiger partial charge in [0.2, 0.25) is 0 Å². The summed E-state index contributed by atoms with van der Waals surface area (Å²) in [5.74, 6) is 0.841. The maximum Gasteiger partial charge on any atom is 0.120 e. The molecule has 0 saturated heterocycles. The highest BCUT2D eigenvalue weighted by Gasteiger charge is 2.02. The molecule has 1 aromatic heterocycles. The molecule has 0 saturated carbocycles. The molecule has 0 spiro atoms. The van der Waals surface area contributed by atoms with Crippen molar-refractivity contribution in [3.05, 3.63) is 36.5 Å². The molecule has 0 fully saturated rings. The molecule has 3 nitrogen and oxygen atoms in total. The predicted octanol–water partition coefficient (Wildman–Crippen LogP) is 1.96. The molecule has 1 aromatic carbocycles. The third kappa shape index (κ3) is 2.25. The van der Waals surface area contributed by atoms with Crippen LogP contribution in [0.2, 0.25) is 0 Å². The summed E-state index contributed by atoms with van der Waals surface area (Å²) in [5, 5.41) is 1.08. The van der Waals surface area contributed by atoms with Crippen LogP contribution < -0.4 is 10.5 Å². The molecule has 1 heterocycles. The minimum absolute atomic E-state index is 0.0409. The fourth-order valence-electron chi connectivity index (χ4n) is 1.41. The van der Waals surface area contributed by atoms with Crippen molar-refractivity contribution < 1.29 is 4.74 Å². The van der Waals surface area contributed by atoms with Crippen LogP contribution in [0.1, 0.15) is 6.92 Å². The summed E-state index contributed by atoms with van der Waals surface area (Å²) in [6.07, 6.45) is 1.82. The Labute approximate surface area is 88.9 Å². The average Bonchev–Trinajstić information content (AvgIpc) is 2.29. The minimum Gasteiger partial charge on any atom is -0.489 e. The van der Waals surface area contributed by atoms with Gasteiger partial charge in [0.05, 0.1) is 5.52 Å². The standard InChI is InChI=1S/C12H14N2O/c1-9(8-13)15-11-4-5-12-10(7-11)3-2-6-14-12/h2-7,9H,8,13H2,1H3/t9-/m1/s1. The molecular formula is C12H14N2O. The summed E-state index contributed by atoms with van der Waals surface area (Å²) in [4.78, 5) is 4.24. The second-order valence-electron chi connectivity index (χ2n) is 3.52. The van der Waals surface area contributed by atoms with Crippen LogP contribution in [0, 0.1) is 0 Å². The van der Waals surface area contributed by atoms with E-state index >= 15 is 0 Å². The predicted molar refractivity (Wildman–Crippen MR) is 60.9 cm³/mol. The summed E-state index contributed by atoms with van der Waals surface area (Å²) in [6.45, 7) is 2.47. The van der Waals surface area contributed by atoms with Crippen molar-refractivity contribution in [3.63, 3.8) is 0 Å². The van der Waals surface area contributed by atoms with Crippen molar-refractivity contribution in [1.82, 2.24) is 4.98 Å². The molecule has 0 bridgehead atoms. The maximum atomic E-state index is 5.62. The zero-order chi connectivity index (χ0) is 10.7. The topological polar surface area (TPSA) is 48.1 Å². The summed E-state index contributed by atoms with van der Waals surface area (Å²) >= 11 is 0. The third-order valence-corrected chi connectivity index (χ3v) is 2.24. The first-order valence-electron chi connectivity index (χ1n) is 5.01. The van der Waals surface area contributed by atoms with Gasteiger partial charge in [-0.15, -0.1) is 0 Å². The molecule has 0 unspecified atom stereocenters. The Hall–Kier alpha value is -1.61. The first kappa shape index (κ1) is 9.93. The number of benzene rings is 1. The van der Waals surface area contributed by atoms with E-state index in [-0.39, 0.29) is 6.10 Å². The number of aromatic nitrogens is 1. The zero-order valence-corrected chi connectivity index (χ0v) is 8.68. The first-order chi connectivity index (χ1) is 7.29. The van der Waals surface area contributed by atoms with Gasteiger partial charge in [-0.3, -0.25) is 4.98 Å². The van der Waals surface area contributed by atoms with Crippen molar-refractivity contribution in [2.24, 2.45) is 5.73 Å². The summed E-state index contributed by atoms with van der Waals surface area (Å²) in [6, 6.07) is 9.78. The monoisotopic (exact) mass is 202 g/mol. The van der Waals surface area contributed by atoms with E-state index in [9.17, 15) is 0 Å². The summed E-state index contributed by atoms with van der Waals surface area (Å²) < 4.78 is 5.62. The van der Waals surface area contributed by atoms with E-state index in [1.54, 1.807) is 6.20 Å². The lowest BCUT2D eigenvalue weighted by Gasteiger charge is -2.12. The molecule has 0 aliphatic heterocycles. The number of rotatable bonds is 3. The van der Waals surface area contributed by atoms with Crippen LogP contribution in [0.5, 0.6) is 5.75 Å². The van der Waals surface area contributed by atoms with Gasteiger partial charge >= 0.3 is 0 Å². The van der Waals surface area contributed by atoms with E-state index < -0.39 is 0 Å². The second-order valence-corrected chi connectivity index (χ2v) is 3.52. The largest absolute Gasteiger partial charge is 0.489 e. The van der Waals surface area contributed by atoms with Gasteiger partial charge in [0.15, 0.2) is 0 Å². The van der Waals surface area contributed by atoms with Crippen LogP contribution in [-0.2, 0) is 0 Å². The zero-order valence-electron chi connectivity index (χ0n) is 8.68. The van der Waals surface area contributed by atoms with Gasteiger partial charge in [-0.05, 0) is 31.2 Å². The number of hydrogen-bond donors (Lipinski definition) is 1. The molecule has 1 atom stereocenters. The molecule has 0 amide bonds. The fourth-order valence-corrected chi connectivity index (χ4v) is 1.41. The normalized spacial score (nSPS) is 12.7. The SMILES string of the molecule is C[C@H](CN)Oc1ccc2ncccc2c1. The van der Waals surface area contributed by atoms with Crippen LogP contribution in [0.4, 0.5) is 0 Å². The van der Waals surface area contributed by atoms with Gasteiger partial charge in [0, 0.05) is 18.1 Å². The lowest BCUT2D eigenvalue weighted by atomic mass is 10.2. The Bertz CT molecular complexity index is 456. The van der Waals surface area contributed by atoms with Gasteiger partial charge < -0.3 is 10.5 Å². The van der Waals surface area contributed by atoms with E-state index in [0.717, 1.165) is 16.7 Å². The highest BCUT2D eigenvalue weighted by atomic mass is 16.5. The van der Waals surface area contributed by atoms with Gasteiger partial charge in [-0.2, -0.15) is 0 Å². The molecule has 78 valence electrons. The average molecular weight is 202 g/mol. The Morgan fingerprint density at radius 2 is 2.27 bits per heavy atom. The third-order valence-electron chi connectivity index (χ3n) is 2.24. The summed E-state index contributed by atoms with van der Waals surface area (Å²) in [5.41, 5.74) is 6.47. The Morgan fingerprint density at radius 3 is 3.07 bits per heavy atom. The molecule has 0 aliphatic carbocycles. The molecule has 2 N–H and O–H groups in total. The van der Waals surface area contributed by atoms with E-state index in [1.807, 2.05) is 37.3 Å². The Morgan fingerprint density at radius 1 is 1.40 bits per heavy atom. The second kappa shape index (κ2) is 4.28. The van der Waals surface area contributed by atoms with Crippen LogP contribution in [0.3, 0.4) is 0 Å². The Balaban J connectivity index is 2.30. The van der Waals surface area contributed by atoms with Gasteiger partial charge in [0.25, 0.3) is 0 Å². The smallest absolute Gasteiger partial charge is 0.120 e. The molecule has 2 aromatic rings. The minimum atomic E-state index is 0.0409. The molecule has 15 heavy (non-hydrogen) atoms. The van der Waals surface area contributed by atoms with Crippen molar-refractivity contribution in [2.75, 3.05) is 6.54 Å². The van der Waals surface area contributed by atoms with Crippen molar-refractivity contribution in [1.29, 1.82) is 0 Å². The van der Waals surface area contributed by atoms with Crippen LogP contribution in [0.15, 0.2) is 36.5 Å². The van der Waals surface area contributed by atoms with Crippen molar-refractivity contribution in [3.8, 4) is 5.75 Å². The van der Waals surface area contributed by atoms with Crippen LogP contribution in [-0.4, -0.2) is 17.6 Å². The molecule has 3 heteroatoms. The van der Waals surface area contributed by atoms with E-state index in [2.05, 4.69) is 4.98 Å². The number of hydrogen-bond acceptors (Lipinski definition) is 3. The maximum absolute atomic E-state index is 5.62. The van der Waals surface area contributed by atoms with E-state index in [1.165, 1.54) is 0 Å². The number of nitrogens with zero attached hydrogens (tertiary/aromatic N) is 1. The number of nitrogens with two attached hydrogens (primary N) is 1. The Kier molecular flexibility index (Phi) is 2.83. The van der Waals surface area contributed by atoms with E-state index in [4.69, 9.17) is 10.5 Å². The van der Waals surface area contributed by atoms with Crippen molar-refractivity contribution >= 4 is 10.9 Å². The highest BCUT2D eigenvalue weighted by molar-refractivity contribution is 5.79.